The minimum absolute atomic E-state index is 0.0508. The van der Waals surface area contributed by atoms with E-state index in [2.05, 4.69) is 10.2 Å². The molecule has 0 spiro atoms. The first-order valence-electron chi connectivity index (χ1n) is 7.28. The molecular formula is C15H16F3N3O3S. The van der Waals surface area contributed by atoms with Crippen molar-refractivity contribution in [3.63, 3.8) is 0 Å². The van der Waals surface area contributed by atoms with Gasteiger partial charge in [-0.2, -0.15) is 13.2 Å². The number of hydrogen-bond acceptors (Lipinski definition) is 6. The van der Waals surface area contributed by atoms with Crippen molar-refractivity contribution in [2.75, 3.05) is 12.4 Å². The van der Waals surface area contributed by atoms with Crippen LogP contribution in [0.15, 0.2) is 29.4 Å². The zero-order valence-corrected chi connectivity index (χ0v) is 14.4. The van der Waals surface area contributed by atoms with E-state index >= 15 is 0 Å². The van der Waals surface area contributed by atoms with Crippen LogP contribution < -0.4 is 4.74 Å². The minimum Gasteiger partial charge on any atom is -0.486 e. The Bertz CT molecular complexity index is 734. The van der Waals surface area contributed by atoms with Crippen molar-refractivity contribution in [1.29, 1.82) is 0 Å². The summed E-state index contributed by atoms with van der Waals surface area (Å²) in [6.07, 6.45) is -4.43. The van der Waals surface area contributed by atoms with Gasteiger partial charge in [0, 0.05) is 7.05 Å². The zero-order valence-electron chi connectivity index (χ0n) is 13.5. The van der Waals surface area contributed by atoms with E-state index in [1.807, 2.05) is 0 Å². The molecule has 1 aromatic carbocycles. The van der Waals surface area contributed by atoms with Gasteiger partial charge in [0.2, 0.25) is 0 Å². The standard InChI is InChI=1S/C15H16F3N3O3S/c1-3-23-13(22)9-25-14-20-19-12(21(14)2)8-24-11-6-4-5-10(7-11)15(16,17)18/h4-7H,3,8-9H2,1-2H3. The van der Waals surface area contributed by atoms with Gasteiger partial charge < -0.3 is 14.0 Å². The molecule has 0 bridgehead atoms. The fourth-order valence-corrected chi connectivity index (χ4v) is 2.56. The molecule has 0 aliphatic heterocycles. The average Bonchev–Trinajstić information content (AvgIpc) is 2.91. The van der Waals surface area contributed by atoms with E-state index in [1.165, 1.54) is 12.1 Å². The molecule has 0 N–H and O–H groups in total. The number of hydrogen-bond donors (Lipinski definition) is 0. The Morgan fingerprint density at radius 1 is 1.32 bits per heavy atom. The summed E-state index contributed by atoms with van der Waals surface area (Å²) in [5, 5.41) is 8.33. The van der Waals surface area contributed by atoms with E-state index in [0.717, 1.165) is 23.9 Å². The molecule has 0 saturated heterocycles. The van der Waals surface area contributed by atoms with Gasteiger partial charge in [0.05, 0.1) is 17.9 Å². The van der Waals surface area contributed by atoms with Crippen molar-refractivity contribution in [2.45, 2.75) is 24.9 Å². The van der Waals surface area contributed by atoms with Crippen LogP contribution in [0.4, 0.5) is 13.2 Å². The van der Waals surface area contributed by atoms with E-state index < -0.39 is 11.7 Å². The summed E-state index contributed by atoms with van der Waals surface area (Å²) in [6, 6.07) is 4.60. The molecule has 10 heteroatoms. The highest BCUT2D eigenvalue weighted by molar-refractivity contribution is 7.99. The smallest absolute Gasteiger partial charge is 0.416 e. The number of benzene rings is 1. The monoisotopic (exact) mass is 375 g/mol. The summed E-state index contributed by atoms with van der Waals surface area (Å²) < 4.78 is 49.8. The van der Waals surface area contributed by atoms with Crippen LogP contribution in [0.25, 0.3) is 0 Å². The van der Waals surface area contributed by atoms with E-state index in [1.54, 1.807) is 18.5 Å². The van der Waals surface area contributed by atoms with Crippen LogP contribution in [0.2, 0.25) is 0 Å². The summed E-state index contributed by atoms with van der Waals surface area (Å²) in [6.45, 7) is 1.97. The van der Waals surface area contributed by atoms with E-state index in [0.29, 0.717) is 17.6 Å². The molecule has 1 heterocycles. The lowest BCUT2D eigenvalue weighted by Gasteiger charge is -2.10. The molecule has 0 aliphatic rings. The van der Waals surface area contributed by atoms with Crippen LogP contribution in [0.5, 0.6) is 5.75 Å². The molecule has 2 aromatic rings. The Morgan fingerprint density at radius 3 is 2.76 bits per heavy atom. The van der Waals surface area contributed by atoms with Gasteiger partial charge in [0.1, 0.15) is 12.4 Å². The number of carbonyl (C=O) groups is 1. The van der Waals surface area contributed by atoms with Crippen molar-refractivity contribution < 1.29 is 27.4 Å². The predicted octanol–water partition coefficient (Wildman–Crippen LogP) is 3.07. The summed E-state index contributed by atoms with van der Waals surface area (Å²) in [5.74, 6) is 0.230. The van der Waals surface area contributed by atoms with Crippen LogP contribution in [-0.4, -0.2) is 33.1 Å². The largest absolute Gasteiger partial charge is 0.486 e. The van der Waals surface area contributed by atoms with Crippen molar-refractivity contribution in [2.24, 2.45) is 7.05 Å². The first-order chi connectivity index (χ1) is 11.8. The van der Waals surface area contributed by atoms with Crippen LogP contribution in [0.1, 0.15) is 18.3 Å². The Kier molecular flexibility index (Phi) is 6.29. The van der Waals surface area contributed by atoms with Gasteiger partial charge in [-0.05, 0) is 25.1 Å². The molecule has 25 heavy (non-hydrogen) atoms. The lowest BCUT2D eigenvalue weighted by atomic mass is 10.2. The SMILES string of the molecule is CCOC(=O)CSc1nnc(COc2cccc(C(F)(F)F)c2)n1C. The highest BCUT2D eigenvalue weighted by atomic mass is 32.2. The maximum absolute atomic E-state index is 12.7. The molecule has 0 saturated carbocycles. The van der Waals surface area contributed by atoms with Crippen molar-refractivity contribution in [3.05, 3.63) is 35.7 Å². The van der Waals surface area contributed by atoms with Gasteiger partial charge in [-0.3, -0.25) is 4.79 Å². The third-order valence-corrected chi connectivity index (χ3v) is 4.07. The molecule has 0 atom stereocenters. The fraction of sp³-hybridized carbons (Fsp3) is 0.400. The molecule has 2 rings (SSSR count). The first-order valence-corrected chi connectivity index (χ1v) is 8.26. The number of ether oxygens (including phenoxy) is 2. The summed E-state index contributed by atoms with van der Waals surface area (Å²) in [7, 11) is 1.68. The second-order valence-electron chi connectivity index (χ2n) is 4.87. The highest BCUT2D eigenvalue weighted by Crippen LogP contribution is 2.31. The number of alkyl halides is 3. The number of nitrogens with zero attached hydrogens (tertiary/aromatic N) is 3. The molecule has 1 aromatic heterocycles. The Morgan fingerprint density at radius 2 is 2.08 bits per heavy atom. The summed E-state index contributed by atoms with van der Waals surface area (Å²) in [5.41, 5.74) is -0.784. The Balaban J connectivity index is 1.97. The highest BCUT2D eigenvalue weighted by Gasteiger charge is 2.30. The van der Waals surface area contributed by atoms with Crippen LogP contribution in [0.3, 0.4) is 0 Å². The fourth-order valence-electron chi connectivity index (χ4n) is 1.83. The van der Waals surface area contributed by atoms with Gasteiger partial charge in [0.15, 0.2) is 11.0 Å². The van der Waals surface area contributed by atoms with Gasteiger partial charge in [0.25, 0.3) is 0 Å². The van der Waals surface area contributed by atoms with Gasteiger partial charge >= 0.3 is 12.1 Å². The molecule has 0 amide bonds. The maximum atomic E-state index is 12.7. The number of halogens is 3. The predicted molar refractivity (Wildman–Crippen MR) is 84.1 cm³/mol. The van der Waals surface area contributed by atoms with Gasteiger partial charge in [-0.1, -0.05) is 17.8 Å². The van der Waals surface area contributed by atoms with Crippen molar-refractivity contribution in [1.82, 2.24) is 14.8 Å². The van der Waals surface area contributed by atoms with E-state index in [-0.39, 0.29) is 24.1 Å². The molecule has 6 nitrogen and oxygen atoms in total. The lowest BCUT2D eigenvalue weighted by molar-refractivity contribution is -0.140. The average molecular weight is 375 g/mol. The van der Waals surface area contributed by atoms with Crippen LogP contribution in [-0.2, 0) is 29.4 Å². The second-order valence-corrected chi connectivity index (χ2v) is 5.81. The minimum atomic E-state index is -4.43. The van der Waals surface area contributed by atoms with E-state index in [4.69, 9.17) is 9.47 Å². The normalized spacial score (nSPS) is 11.4. The third kappa shape index (κ3) is 5.38. The second kappa shape index (κ2) is 8.24. The summed E-state index contributed by atoms with van der Waals surface area (Å²) >= 11 is 1.15. The number of rotatable bonds is 7. The van der Waals surface area contributed by atoms with Gasteiger partial charge in [-0.15, -0.1) is 10.2 Å². The van der Waals surface area contributed by atoms with Crippen molar-refractivity contribution in [3.8, 4) is 5.75 Å². The first kappa shape index (κ1) is 19.1. The van der Waals surface area contributed by atoms with Crippen LogP contribution >= 0.6 is 11.8 Å². The van der Waals surface area contributed by atoms with E-state index in [9.17, 15) is 18.0 Å². The Labute approximate surface area is 146 Å². The Hall–Kier alpha value is -2.23. The quantitative estimate of drug-likeness (QED) is 0.547. The van der Waals surface area contributed by atoms with Crippen LogP contribution in [0, 0.1) is 0 Å². The van der Waals surface area contributed by atoms with Crippen molar-refractivity contribution >= 4 is 17.7 Å². The molecule has 0 radical (unpaired) electrons. The molecule has 0 unspecified atom stereocenters. The lowest BCUT2D eigenvalue weighted by Crippen LogP contribution is -2.08. The topological polar surface area (TPSA) is 66.2 Å². The number of carbonyl (C=O) groups excluding carboxylic acids is 1. The molecule has 136 valence electrons. The molecule has 0 aliphatic carbocycles. The maximum Gasteiger partial charge on any atom is 0.416 e. The number of esters is 1. The van der Waals surface area contributed by atoms with Gasteiger partial charge in [-0.25, -0.2) is 0 Å². The number of thioether (sulfide) groups is 1. The zero-order chi connectivity index (χ0) is 18.4. The molecular weight excluding hydrogens is 359 g/mol. The summed E-state index contributed by atoms with van der Waals surface area (Å²) in [4.78, 5) is 11.3. The number of aromatic nitrogens is 3. The third-order valence-electron chi connectivity index (χ3n) is 3.08. The molecule has 0 fully saturated rings.